The van der Waals surface area contributed by atoms with Gasteiger partial charge in [-0.25, -0.2) is 0 Å². The summed E-state index contributed by atoms with van der Waals surface area (Å²) < 4.78 is 38.5. The molecule has 1 atom stereocenters. The first kappa shape index (κ1) is 21.7. The van der Waals surface area contributed by atoms with Crippen LogP contribution in [0.3, 0.4) is 0 Å². The molecule has 1 aliphatic heterocycles. The van der Waals surface area contributed by atoms with E-state index in [9.17, 15) is 18.0 Å². The molecule has 1 saturated heterocycles. The van der Waals surface area contributed by atoms with Gasteiger partial charge < -0.3 is 14.7 Å². The van der Waals surface area contributed by atoms with Crippen molar-refractivity contribution in [2.75, 3.05) is 45.2 Å². The van der Waals surface area contributed by atoms with E-state index in [0.717, 1.165) is 57.6 Å². The zero-order valence-electron chi connectivity index (χ0n) is 18.0. The van der Waals surface area contributed by atoms with Crippen LogP contribution < -0.4 is 4.90 Å². The Balaban J connectivity index is 1.51. The summed E-state index contributed by atoms with van der Waals surface area (Å²) in [6.45, 7) is 4.02. The normalized spacial score (nSPS) is 19.8. The Morgan fingerprint density at radius 1 is 1.03 bits per heavy atom. The maximum Gasteiger partial charge on any atom is 0.416 e. The summed E-state index contributed by atoms with van der Waals surface area (Å²) in [6, 6.07) is 11.0. The molecule has 166 valence electrons. The minimum absolute atomic E-state index is 0.0240. The second-order valence-corrected chi connectivity index (χ2v) is 8.59. The van der Waals surface area contributed by atoms with E-state index in [1.807, 2.05) is 0 Å². The van der Waals surface area contributed by atoms with Gasteiger partial charge in [-0.05, 0) is 67.8 Å². The van der Waals surface area contributed by atoms with Crippen LogP contribution in [0.15, 0.2) is 42.5 Å². The first-order chi connectivity index (χ1) is 14.7. The Hall–Kier alpha value is -2.54. The highest BCUT2D eigenvalue weighted by molar-refractivity contribution is 5.94. The van der Waals surface area contributed by atoms with Crippen LogP contribution in [0.5, 0.6) is 0 Å². The highest BCUT2D eigenvalue weighted by Crippen LogP contribution is 2.33. The van der Waals surface area contributed by atoms with Crippen molar-refractivity contribution in [2.45, 2.75) is 31.5 Å². The second kappa shape index (κ2) is 8.54. The molecule has 4 nitrogen and oxygen atoms in total. The number of hydrogen-bond acceptors (Lipinski definition) is 3. The molecule has 0 unspecified atom stereocenters. The number of nitrogens with zero attached hydrogens (tertiary/aromatic N) is 3. The molecule has 1 aliphatic carbocycles. The maximum absolute atomic E-state index is 13.0. The fourth-order valence-electron chi connectivity index (χ4n) is 4.60. The van der Waals surface area contributed by atoms with Crippen LogP contribution in [0.25, 0.3) is 0 Å². The lowest BCUT2D eigenvalue weighted by atomic mass is 9.86. The lowest BCUT2D eigenvalue weighted by molar-refractivity contribution is -0.137. The Bertz CT molecular complexity index is 934. The number of fused-ring (bicyclic) bond motifs is 1. The number of piperazine rings is 1. The molecule has 0 spiro atoms. The van der Waals surface area contributed by atoms with Crippen LogP contribution >= 0.6 is 0 Å². The summed E-state index contributed by atoms with van der Waals surface area (Å²) >= 11 is 0. The third-order valence-electron chi connectivity index (χ3n) is 6.61. The topological polar surface area (TPSA) is 26.8 Å². The van der Waals surface area contributed by atoms with Gasteiger partial charge in [-0.1, -0.05) is 12.1 Å². The molecular weight excluding hydrogens is 403 g/mol. The molecule has 2 aromatic rings. The summed E-state index contributed by atoms with van der Waals surface area (Å²) in [5.41, 5.74) is 3.44. The average molecular weight is 432 g/mol. The monoisotopic (exact) mass is 431 g/mol. The molecule has 31 heavy (non-hydrogen) atoms. The van der Waals surface area contributed by atoms with Gasteiger partial charge in [0, 0.05) is 50.5 Å². The van der Waals surface area contributed by atoms with E-state index in [2.05, 4.69) is 35.0 Å². The molecule has 2 aromatic carbocycles. The first-order valence-electron chi connectivity index (χ1n) is 10.7. The number of aryl methyl sites for hydroxylation is 1. The Labute approximate surface area is 181 Å². The number of anilines is 1. The van der Waals surface area contributed by atoms with Crippen LogP contribution in [0.1, 0.15) is 33.5 Å². The number of carbonyl (C=O) groups is 1. The quantitative estimate of drug-likeness (QED) is 0.733. The Kier molecular flexibility index (Phi) is 5.97. The van der Waals surface area contributed by atoms with E-state index in [1.165, 1.54) is 28.9 Å². The molecule has 0 saturated carbocycles. The van der Waals surface area contributed by atoms with Crippen LogP contribution in [0, 0.1) is 0 Å². The Morgan fingerprint density at radius 2 is 1.71 bits per heavy atom. The van der Waals surface area contributed by atoms with Gasteiger partial charge in [-0.15, -0.1) is 0 Å². The molecule has 0 aromatic heterocycles. The number of hydrogen-bond donors (Lipinski definition) is 0. The maximum atomic E-state index is 13.0. The van der Waals surface area contributed by atoms with Crippen molar-refractivity contribution >= 4 is 11.6 Å². The molecule has 1 heterocycles. The van der Waals surface area contributed by atoms with Crippen molar-refractivity contribution in [1.29, 1.82) is 0 Å². The summed E-state index contributed by atoms with van der Waals surface area (Å²) in [6.07, 6.45) is -1.89. The van der Waals surface area contributed by atoms with Gasteiger partial charge >= 0.3 is 6.18 Å². The van der Waals surface area contributed by atoms with E-state index < -0.39 is 11.7 Å². The molecule has 2 aliphatic rings. The van der Waals surface area contributed by atoms with Gasteiger partial charge in [0.1, 0.15) is 0 Å². The van der Waals surface area contributed by atoms with Crippen LogP contribution in [0.2, 0.25) is 0 Å². The average Bonchev–Trinajstić information content (AvgIpc) is 2.77. The van der Waals surface area contributed by atoms with E-state index >= 15 is 0 Å². The second-order valence-electron chi connectivity index (χ2n) is 8.59. The summed E-state index contributed by atoms with van der Waals surface area (Å²) in [4.78, 5) is 19.4. The van der Waals surface area contributed by atoms with Crippen molar-refractivity contribution in [1.82, 2.24) is 9.80 Å². The number of halogens is 3. The Morgan fingerprint density at radius 3 is 2.35 bits per heavy atom. The predicted octanol–water partition coefficient (Wildman–Crippen LogP) is 4.09. The number of carbonyl (C=O) groups excluding carboxylic acids is 1. The van der Waals surface area contributed by atoms with Crippen molar-refractivity contribution in [3.05, 3.63) is 64.7 Å². The van der Waals surface area contributed by atoms with Crippen molar-refractivity contribution in [3.8, 4) is 0 Å². The third-order valence-corrected chi connectivity index (χ3v) is 6.61. The third kappa shape index (κ3) is 4.56. The fraction of sp³-hybridized carbons (Fsp3) is 0.458. The van der Waals surface area contributed by atoms with E-state index in [0.29, 0.717) is 0 Å². The van der Waals surface area contributed by atoms with Crippen LogP contribution in [-0.4, -0.2) is 62.0 Å². The van der Waals surface area contributed by atoms with Crippen LogP contribution in [0.4, 0.5) is 18.9 Å². The van der Waals surface area contributed by atoms with Gasteiger partial charge in [-0.2, -0.15) is 13.2 Å². The van der Waals surface area contributed by atoms with Gasteiger partial charge in [-0.3, -0.25) is 4.79 Å². The van der Waals surface area contributed by atoms with E-state index in [-0.39, 0.29) is 17.5 Å². The summed E-state index contributed by atoms with van der Waals surface area (Å²) in [5.74, 6) is -0.237. The highest BCUT2D eigenvalue weighted by atomic mass is 19.4. The standard InChI is InChI=1S/C24H28F3N3O/c1-28-12-14-30(15-13-28)22-5-3-4-17-8-11-20(16-21(17)22)29(2)23(31)18-6-9-19(10-7-18)24(25,26)27/h3-7,9-10,20H,8,11-16H2,1-2H3/t20-/m1/s1. The molecule has 1 fully saturated rings. The van der Waals surface area contributed by atoms with Crippen molar-refractivity contribution in [2.24, 2.45) is 0 Å². The van der Waals surface area contributed by atoms with Crippen molar-refractivity contribution < 1.29 is 18.0 Å². The molecule has 4 rings (SSSR count). The SMILES string of the molecule is CN1CCN(c2cccc3c2C[C@H](N(C)C(=O)c2ccc(C(F)(F)F)cc2)CC3)CC1. The molecule has 1 amide bonds. The number of benzene rings is 2. The predicted molar refractivity (Wildman–Crippen MR) is 116 cm³/mol. The largest absolute Gasteiger partial charge is 0.416 e. The zero-order chi connectivity index (χ0) is 22.2. The summed E-state index contributed by atoms with van der Waals surface area (Å²) in [5, 5.41) is 0. The molecule has 0 bridgehead atoms. The van der Waals surface area contributed by atoms with Crippen LogP contribution in [-0.2, 0) is 19.0 Å². The lowest BCUT2D eigenvalue weighted by Crippen LogP contribution is -2.45. The minimum atomic E-state index is -4.40. The number of likely N-dealkylation sites (N-methyl/N-ethyl adjacent to an activating group) is 2. The minimum Gasteiger partial charge on any atom is -0.369 e. The van der Waals surface area contributed by atoms with Gasteiger partial charge in [0.25, 0.3) is 5.91 Å². The molecular formula is C24H28F3N3O. The van der Waals surface area contributed by atoms with E-state index in [1.54, 1.807) is 11.9 Å². The van der Waals surface area contributed by atoms with E-state index in [4.69, 9.17) is 0 Å². The number of alkyl halides is 3. The lowest BCUT2D eigenvalue weighted by Gasteiger charge is -2.38. The summed E-state index contributed by atoms with van der Waals surface area (Å²) in [7, 11) is 3.89. The highest BCUT2D eigenvalue weighted by Gasteiger charge is 2.32. The first-order valence-corrected chi connectivity index (χ1v) is 10.7. The van der Waals surface area contributed by atoms with Gasteiger partial charge in [0.2, 0.25) is 0 Å². The number of amides is 1. The van der Waals surface area contributed by atoms with Gasteiger partial charge in [0.15, 0.2) is 0 Å². The fourth-order valence-corrected chi connectivity index (χ4v) is 4.60. The number of rotatable bonds is 3. The molecule has 0 radical (unpaired) electrons. The smallest absolute Gasteiger partial charge is 0.369 e. The van der Waals surface area contributed by atoms with Gasteiger partial charge in [0.05, 0.1) is 5.56 Å². The molecule has 0 N–H and O–H groups in total. The molecule has 7 heteroatoms. The zero-order valence-corrected chi connectivity index (χ0v) is 18.0. The van der Waals surface area contributed by atoms with Crippen molar-refractivity contribution in [3.63, 3.8) is 0 Å².